The Morgan fingerprint density at radius 1 is 0.545 bits per heavy atom. The van der Waals surface area contributed by atoms with E-state index < -0.39 is 0 Å². The Balaban J connectivity index is 2.25. The molecule has 0 N–H and O–H groups in total. The molecule has 0 saturated carbocycles. The monoisotopic (exact) mass is 294 g/mol. The summed E-state index contributed by atoms with van der Waals surface area (Å²) in [5.41, 5.74) is 4.24. The number of benzene rings is 2. The highest BCUT2D eigenvalue weighted by atomic mass is 15.2. The highest BCUT2D eigenvalue weighted by Gasteiger charge is 2.24. The molecule has 116 valence electrons. The number of hydrogen-bond acceptors (Lipinski definition) is 2. The average Bonchev–Trinajstić information content (AvgIpc) is 2.46. The summed E-state index contributed by atoms with van der Waals surface area (Å²) in [6.07, 6.45) is 0. The van der Waals surface area contributed by atoms with Crippen LogP contribution in [0.15, 0.2) is 58.8 Å². The van der Waals surface area contributed by atoms with Gasteiger partial charge in [0, 0.05) is 0 Å². The summed E-state index contributed by atoms with van der Waals surface area (Å²) in [6, 6.07) is 17.0. The summed E-state index contributed by atoms with van der Waals surface area (Å²) in [5, 5.41) is 9.30. The lowest BCUT2D eigenvalue weighted by Crippen LogP contribution is -2.18. The maximum absolute atomic E-state index is 4.65. The normalized spacial score (nSPS) is 12.8. The summed E-state index contributed by atoms with van der Waals surface area (Å²) in [4.78, 5) is 0. The maximum atomic E-state index is 4.65. The molecule has 0 aliphatic rings. The molecule has 0 atom stereocenters. The molecule has 0 fully saturated rings. The largest absolute Gasteiger partial charge is 0.182 e. The lowest BCUT2D eigenvalue weighted by molar-refractivity contribution is 0.439. The zero-order chi connectivity index (χ0) is 16.4. The highest BCUT2D eigenvalue weighted by molar-refractivity contribution is 5.28. The molecule has 22 heavy (non-hydrogen) atoms. The van der Waals surface area contributed by atoms with Crippen LogP contribution in [0.5, 0.6) is 0 Å². The van der Waals surface area contributed by atoms with Gasteiger partial charge in [-0.25, -0.2) is 0 Å². The van der Waals surface area contributed by atoms with E-state index in [4.69, 9.17) is 0 Å². The molecule has 2 rings (SSSR count). The third kappa shape index (κ3) is 3.82. The highest BCUT2D eigenvalue weighted by Crippen LogP contribution is 2.31. The van der Waals surface area contributed by atoms with Crippen LogP contribution >= 0.6 is 0 Å². The first-order valence-corrected chi connectivity index (χ1v) is 7.79. The summed E-state index contributed by atoms with van der Waals surface area (Å²) in [5.74, 6) is 0. The van der Waals surface area contributed by atoms with Crippen LogP contribution in [-0.2, 0) is 11.1 Å². The van der Waals surface area contributed by atoms with Crippen molar-refractivity contribution in [1.29, 1.82) is 0 Å². The van der Waals surface area contributed by atoms with Crippen molar-refractivity contribution < 1.29 is 0 Å². The van der Waals surface area contributed by atoms with E-state index >= 15 is 0 Å². The second-order valence-electron chi connectivity index (χ2n) is 7.05. The molecular weight excluding hydrogens is 268 g/mol. The van der Waals surface area contributed by atoms with Gasteiger partial charge in [-0.15, -0.1) is 0 Å². The predicted octanol–water partition coefficient (Wildman–Crippen LogP) is 5.93. The van der Waals surface area contributed by atoms with E-state index in [1.807, 2.05) is 0 Å². The van der Waals surface area contributed by atoms with Crippen molar-refractivity contribution in [3.63, 3.8) is 0 Å². The second-order valence-corrected chi connectivity index (χ2v) is 7.05. The first kappa shape index (κ1) is 16.4. The molecule has 0 aliphatic carbocycles. The Bertz CT molecular complexity index is 588. The summed E-state index contributed by atoms with van der Waals surface area (Å²) < 4.78 is 0. The topological polar surface area (TPSA) is 24.7 Å². The van der Waals surface area contributed by atoms with E-state index in [1.165, 1.54) is 22.3 Å². The van der Waals surface area contributed by atoms with E-state index in [-0.39, 0.29) is 11.1 Å². The molecule has 0 bridgehead atoms. The molecule has 0 aliphatic heterocycles. The van der Waals surface area contributed by atoms with Crippen LogP contribution in [0.2, 0.25) is 0 Å². The molecule has 2 heteroatoms. The van der Waals surface area contributed by atoms with Crippen LogP contribution in [-0.4, -0.2) is 0 Å². The van der Waals surface area contributed by atoms with Gasteiger partial charge in [-0.05, 0) is 52.7 Å². The van der Waals surface area contributed by atoms with Crippen LogP contribution in [0.1, 0.15) is 49.9 Å². The smallest absolute Gasteiger partial charge is 0.101 e. The number of rotatable bonds is 4. The zero-order valence-electron chi connectivity index (χ0n) is 14.5. The van der Waals surface area contributed by atoms with Gasteiger partial charge in [-0.2, -0.15) is 10.2 Å². The van der Waals surface area contributed by atoms with Crippen LogP contribution in [0.25, 0.3) is 0 Å². The van der Waals surface area contributed by atoms with Gasteiger partial charge >= 0.3 is 0 Å². The molecule has 2 aromatic rings. The Kier molecular flexibility index (Phi) is 4.50. The van der Waals surface area contributed by atoms with Gasteiger partial charge in [0.1, 0.15) is 11.1 Å². The van der Waals surface area contributed by atoms with Crippen molar-refractivity contribution in [2.45, 2.75) is 52.6 Å². The van der Waals surface area contributed by atoms with Gasteiger partial charge in [-0.3, -0.25) is 0 Å². The van der Waals surface area contributed by atoms with Crippen LogP contribution in [0.3, 0.4) is 0 Å². The minimum Gasteiger partial charge on any atom is -0.182 e. The van der Waals surface area contributed by atoms with E-state index in [0.29, 0.717) is 0 Å². The lowest BCUT2D eigenvalue weighted by atomic mass is 9.93. The molecule has 2 nitrogen and oxygen atoms in total. The van der Waals surface area contributed by atoms with Gasteiger partial charge in [0.15, 0.2) is 0 Å². The second kappa shape index (κ2) is 6.04. The molecule has 0 unspecified atom stereocenters. The van der Waals surface area contributed by atoms with Crippen molar-refractivity contribution >= 4 is 0 Å². The number of hydrogen-bond donors (Lipinski definition) is 0. The van der Waals surface area contributed by atoms with Gasteiger partial charge in [0.2, 0.25) is 0 Å². The Morgan fingerprint density at radius 3 is 1.09 bits per heavy atom. The van der Waals surface area contributed by atoms with E-state index in [1.54, 1.807) is 0 Å². The van der Waals surface area contributed by atoms with Gasteiger partial charge < -0.3 is 0 Å². The third-order valence-electron chi connectivity index (χ3n) is 4.07. The first-order valence-electron chi connectivity index (χ1n) is 7.79. The van der Waals surface area contributed by atoms with Crippen molar-refractivity contribution in [3.05, 3.63) is 70.8 Å². The van der Waals surface area contributed by atoms with E-state index in [9.17, 15) is 0 Å². The Hall–Kier alpha value is -1.96. The van der Waals surface area contributed by atoms with Crippen LogP contribution in [0, 0.1) is 13.8 Å². The van der Waals surface area contributed by atoms with Gasteiger partial charge in [0.05, 0.1) is 0 Å². The summed E-state index contributed by atoms with van der Waals surface area (Å²) in [7, 11) is 0. The standard InChI is InChI=1S/C20H26N2/c1-15-7-11-17(12-8-15)19(3,4)21-22-20(5,6)18-13-9-16(2)10-14-18/h7-14H,1-6H3. The van der Waals surface area contributed by atoms with Crippen molar-refractivity contribution in [2.24, 2.45) is 10.2 Å². The molecule has 0 saturated heterocycles. The molecule has 0 spiro atoms. The molecule has 0 amide bonds. The first-order chi connectivity index (χ1) is 10.2. The predicted molar refractivity (Wildman–Crippen MR) is 93.3 cm³/mol. The fraction of sp³-hybridized carbons (Fsp3) is 0.400. The Morgan fingerprint density at radius 2 is 0.818 bits per heavy atom. The molecule has 0 heterocycles. The lowest BCUT2D eigenvalue weighted by Gasteiger charge is -2.24. The summed E-state index contributed by atoms with van der Waals surface area (Å²) in [6.45, 7) is 12.6. The van der Waals surface area contributed by atoms with Crippen LogP contribution in [0.4, 0.5) is 0 Å². The number of azo groups is 1. The van der Waals surface area contributed by atoms with Crippen LogP contribution < -0.4 is 0 Å². The molecule has 2 aromatic carbocycles. The van der Waals surface area contributed by atoms with Crippen molar-refractivity contribution in [1.82, 2.24) is 0 Å². The SMILES string of the molecule is Cc1ccc(C(C)(C)N=NC(C)(C)c2ccc(C)cc2)cc1. The molecule has 0 radical (unpaired) electrons. The zero-order valence-corrected chi connectivity index (χ0v) is 14.5. The molecular formula is C20H26N2. The summed E-state index contributed by atoms with van der Waals surface area (Å²) >= 11 is 0. The molecule has 0 aromatic heterocycles. The number of nitrogens with zero attached hydrogens (tertiary/aromatic N) is 2. The van der Waals surface area contributed by atoms with Crippen molar-refractivity contribution in [3.8, 4) is 0 Å². The number of aryl methyl sites for hydroxylation is 2. The van der Waals surface area contributed by atoms with Crippen molar-refractivity contribution in [2.75, 3.05) is 0 Å². The van der Waals surface area contributed by atoms with E-state index in [0.717, 1.165) is 0 Å². The maximum Gasteiger partial charge on any atom is 0.101 e. The third-order valence-corrected chi connectivity index (χ3v) is 4.07. The Labute approximate surface area is 134 Å². The quantitative estimate of drug-likeness (QED) is 0.625. The minimum atomic E-state index is -0.324. The fourth-order valence-corrected chi connectivity index (χ4v) is 2.29. The van der Waals surface area contributed by atoms with Gasteiger partial charge in [-0.1, -0.05) is 59.7 Å². The van der Waals surface area contributed by atoms with E-state index in [2.05, 4.69) is 100 Å². The fourth-order valence-electron chi connectivity index (χ4n) is 2.29. The minimum absolute atomic E-state index is 0.324. The average molecular weight is 294 g/mol. The van der Waals surface area contributed by atoms with Gasteiger partial charge in [0.25, 0.3) is 0 Å².